The Morgan fingerprint density at radius 1 is 1.38 bits per heavy atom. The van der Waals surface area contributed by atoms with Crippen LogP contribution in [0.3, 0.4) is 0 Å². The molecule has 1 saturated carbocycles. The largest absolute Gasteiger partial charge is 0.394 e. The van der Waals surface area contributed by atoms with Crippen LogP contribution in [-0.2, 0) is 11.4 Å². The highest BCUT2D eigenvalue weighted by Crippen LogP contribution is 2.33. The summed E-state index contributed by atoms with van der Waals surface area (Å²) < 4.78 is 18.4. The lowest BCUT2D eigenvalue weighted by Gasteiger charge is -2.16. The van der Waals surface area contributed by atoms with Gasteiger partial charge in [-0.05, 0) is 68.4 Å². The molecule has 1 aliphatic rings. The summed E-state index contributed by atoms with van der Waals surface area (Å²) in [6, 6.07) is 7.13. The standard InChI is InChI=1S/C24H28BrFN4O4/c1-14-9-16(25)6-7-19(14)28-22-18(24(33)29-34-12-15-4-5-15)10-20-23(21(22)26)27-13-30(20)8-2-3-17(32)11-31/h6-7,9-10,13,15,17,28,31-32H,2-5,8,11-12H2,1H3,(H,29,33). The lowest BCUT2D eigenvalue weighted by molar-refractivity contribution is 0.0271. The Hall–Kier alpha value is -2.53. The van der Waals surface area contributed by atoms with Gasteiger partial charge >= 0.3 is 0 Å². The molecule has 0 aliphatic heterocycles. The molecule has 1 aromatic heterocycles. The number of benzene rings is 2. The molecule has 1 amide bonds. The average molecular weight is 535 g/mol. The van der Waals surface area contributed by atoms with Crippen molar-refractivity contribution in [1.29, 1.82) is 0 Å². The number of rotatable bonds is 11. The van der Waals surface area contributed by atoms with Crippen LogP contribution in [0.4, 0.5) is 15.8 Å². The maximum atomic E-state index is 15.7. The molecule has 0 bridgehead atoms. The number of aliphatic hydroxyl groups is 2. The Balaban J connectivity index is 1.67. The van der Waals surface area contributed by atoms with Crippen LogP contribution in [0.15, 0.2) is 35.1 Å². The molecule has 4 rings (SSSR count). The molecular weight excluding hydrogens is 507 g/mol. The number of carbonyl (C=O) groups excluding carboxylic acids is 1. The molecule has 1 heterocycles. The van der Waals surface area contributed by atoms with E-state index in [0.29, 0.717) is 43.1 Å². The number of anilines is 2. The highest BCUT2D eigenvalue weighted by atomic mass is 79.9. The Morgan fingerprint density at radius 2 is 2.18 bits per heavy atom. The first-order chi connectivity index (χ1) is 16.4. The normalized spacial score (nSPS) is 14.4. The first-order valence-corrected chi connectivity index (χ1v) is 12.1. The number of hydroxylamine groups is 1. The van der Waals surface area contributed by atoms with E-state index >= 15 is 4.39 Å². The van der Waals surface area contributed by atoms with Crippen molar-refractivity contribution in [2.24, 2.45) is 5.92 Å². The van der Waals surface area contributed by atoms with Gasteiger partial charge in [-0.1, -0.05) is 15.9 Å². The Bertz CT molecular complexity index is 1180. The monoisotopic (exact) mass is 534 g/mol. The molecule has 10 heteroatoms. The fraction of sp³-hybridized carbons (Fsp3) is 0.417. The van der Waals surface area contributed by atoms with E-state index in [2.05, 4.69) is 31.7 Å². The van der Waals surface area contributed by atoms with E-state index in [0.717, 1.165) is 22.9 Å². The number of halogens is 2. The van der Waals surface area contributed by atoms with Gasteiger partial charge in [0.2, 0.25) is 0 Å². The lowest BCUT2D eigenvalue weighted by Crippen LogP contribution is -2.26. The number of imidazole rings is 1. The number of aryl methyl sites for hydroxylation is 2. The van der Waals surface area contributed by atoms with Crippen molar-refractivity contribution < 1.29 is 24.2 Å². The van der Waals surface area contributed by atoms with Gasteiger partial charge in [-0.25, -0.2) is 14.9 Å². The van der Waals surface area contributed by atoms with Gasteiger partial charge in [0, 0.05) is 16.7 Å². The van der Waals surface area contributed by atoms with Crippen LogP contribution in [0.25, 0.3) is 11.0 Å². The van der Waals surface area contributed by atoms with Crippen LogP contribution < -0.4 is 10.8 Å². The second kappa shape index (κ2) is 10.8. The number of hydrogen-bond acceptors (Lipinski definition) is 6. The van der Waals surface area contributed by atoms with Crippen molar-refractivity contribution in [3.63, 3.8) is 0 Å². The summed E-state index contributed by atoms with van der Waals surface area (Å²) in [6.45, 7) is 2.45. The summed E-state index contributed by atoms with van der Waals surface area (Å²) in [5.41, 5.74) is 4.69. The molecule has 0 radical (unpaired) electrons. The van der Waals surface area contributed by atoms with E-state index in [1.54, 1.807) is 16.7 Å². The average Bonchev–Trinajstić information content (AvgIpc) is 3.55. The van der Waals surface area contributed by atoms with Crippen molar-refractivity contribution in [2.45, 2.75) is 45.3 Å². The first-order valence-electron chi connectivity index (χ1n) is 11.3. The van der Waals surface area contributed by atoms with Crippen LogP contribution in [-0.4, -0.2) is 45.0 Å². The SMILES string of the molecule is Cc1cc(Br)ccc1Nc1c(C(=O)NOCC2CC2)cc2c(ncn2CCCC(O)CO)c1F. The highest BCUT2D eigenvalue weighted by molar-refractivity contribution is 9.10. The molecule has 2 aromatic carbocycles. The van der Waals surface area contributed by atoms with Crippen molar-refractivity contribution in [1.82, 2.24) is 15.0 Å². The van der Waals surface area contributed by atoms with E-state index in [-0.39, 0.29) is 23.4 Å². The maximum Gasteiger partial charge on any atom is 0.277 e. The minimum Gasteiger partial charge on any atom is -0.394 e. The molecule has 4 N–H and O–H groups in total. The molecular formula is C24H28BrFN4O4. The number of amides is 1. The summed E-state index contributed by atoms with van der Waals surface area (Å²) in [5, 5.41) is 21.7. The molecule has 1 aliphatic carbocycles. The summed E-state index contributed by atoms with van der Waals surface area (Å²) in [5.74, 6) is -0.735. The Morgan fingerprint density at radius 3 is 2.88 bits per heavy atom. The van der Waals surface area contributed by atoms with E-state index in [9.17, 15) is 9.90 Å². The third-order valence-corrected chi connectivity index (χ3v) is 6.37. The van der Waals surface area contributed by atoms with E-state index in [1.807, 2.05) is 19.1 Å². The molecule has 1 atom stereocenters. The molecule has 34 heavy (non-hydrogen) atoms. The lowest BCUT2D eigenvalue weighted by atomic mass is 10.1. The number of nitrogens with zero attached hydrogens (tertiary/aromatic N) is 2. The van der Waals surface area contributed by atoms with Gasteiger partial charge in [-0.3, -0.25) is 9.63 Å². The molecule has 1 unspecified atom stereocenters. The molecule has 3 aromatic rings. The van der Waals surface area contributed by atoms with Crippen molar-refractivity contribution in [3.8, 4) is 0 Å². The third-order valence-electron chi connectivity index (χ3n) is 5.88. The maximum absolute atomic E-state index is 15.7. The summed E-state index contributed by atoms with van der Waals surface area (Å²) in [7, 11) is 0. The third kappa shape index (κ3) is 5.75. The van der Waals surface area contributed by atoms with Crippen LogP contribution in [0.5, 0.6) is 0 Å². The van der Waals surface area contributed by atoms with Gasteiger partial charge < -0.3 is 20.1 Å². The fourth-order valence-corrected chi connectivity index (χ4v) is 4.17. The van der Waals surface area contributed by atoms with Crippen LogP contribution in [0.1, 0.15) is 41.6 Å². The molecule has 1 fully saturated rings. The topological polar surface area (TPSA) is 109 Å². The van der Waals surface area contributed by atoms with Crippen molar-refractivity contribution in [3.05, 3.63) is 52.0 Å². The Labute approximate surface area is 205 Å². The smallest absolute Gasteiger partial charge is 0.277 e. The van der Waals surface area contributed by atoms with Gasteiger partial charge in [0.25, 0.3) is 5.91 Å². The van der Waals surface area contributed by atoms with Gasteiger partial charge in [-0.15, -0.1) is 0 Å². The second-order valence-electron chi connectivity index (χ2n) is 8.67. The second-order valence-corrected chi connectivity index (χ2v) is 9.58. The van der Waals surface area contributed by atoms with Crippen LogP contribution in [0, 0.1) is 18.7 Å². The number of aliphatic hydroxyl groups excluding tert-OH is 2. The fourth-order valence-electron chi connectivity index (χ4n) is 3.69. The number of aromatic nitrogens is 2. The van der Waals surface area contributed by atoms with Crippen molar-refractivity contribution in [2.75, 3.05) is 18.5 Å². The summed E-state index contributed by atoms with van der Waals surface area (Å²) in [6.07, 6.45) is 3.81. The zero-order chi connectivity index (χ0) is 24.2. The predicted molar refractivity (Wildman–Crippen MR) is 130 cm³/mol. The van der Waals surface area contributed by atoms with E-state index in [1.165, 1.54) is 6.33 Å². The van der Waals surface area contributed by atoms with Crippen LogP contribution in [0.2, 0.25) is 0 Å². The van der Waals surface area contributed by atoms with Gasteiger partial charge in [0.1, 0.15) is 5.52 Å². The molecule has 182 valence electrons. The minimum atomic E-state index is -0.804. The number of hydrogen-bond donors (Lipinski definition) is 4. The van der Waals surface area contributed by atoms with E-state index in [4.69, 9.17) is 9.94 Å². The molecule has 0 spiro atoms. The van der Waals surface area contributed by atoms with Gasteiger partial charge in [0.05, 0.1) is 42.4 Å². The zero-order valence-corrected chi connectivity index (χ0v) is 20.4. The number of nitrogens with one attached hydrogen (secondary N) is 2. The minimum absolute atomic E-state index is 0.0198. The summed E-state index contributed by atoms with van der Waals surface area (Å²) in [4.78, 5) is 22.6. The van der Waals surface area contributed by atoms with Gasteiger partial charge in [-0.2, -0.15) is 0 Å². The molecule has 8 nitrogen and oxygen atoms in total. The molecule has 0 saturated heterocycles. The highest BCUT2D eigenvalue weighted by Gasteiger charge is 2.25. The Kier molecular flexibility index (Phi) is 7.82. The van der Waals surface area contributed by atoms with Crippen molar-refractivity contribution >= 4 is 44.2 Å². The quantitative estimate of drug-likeness (QED) is 0.274. The van der Waals surface area contributed by atoms with Crippen LogP contribution >= 0.6 is 15.9 Å². The summed E-state index contributed by atoms with van der Waals surface area (Å²) >= 11 is 3.42. The number of fused-ring (bicyclic) bond motifs is 1. The first kappa shape index (κ1) is 24.6. The zero-order valence-electron chi connectivity index (χ0n) is 18.9. The predicted octanol–water partition coefficient (Wildman–Crippen LogP) is 4.19. The number of carbonyl (C=O) groups is 1. The van der Waals surface area contributed by atoms with E-state index < -0.39 is 17.8 Å². The van der Waals surface area contributed by atoms with Gasteiger partial charge in [0.15, 0.2) is 5.82 Å².